The van der Waals surface area contributed by atoms with E-state index in [-0.39, 0.29) is 6.04 Å². The zero-order valence-electron chi connectivity index (χ0n) is 13.1. The van der Waals surface area contributed by atoms with Crippen molar-refractivity contribution >= 4 is 0 Å². The molecular weight excluding hydrogens is 252 g/mol. The second kappa shape index (κ2) is 6.59. The molecule has 1 saturated carbocycles. The van der Waals surface area contributed by atoms with Crippen LogP contribution in [-0.4, -0.2) is 16.9 Å². The summed E-state index contributed by atoms with van der Waals surface area (Å²) < 4.78 is 7.53. The molecule has 0 saturated heterocycles. The van der Waals surface area contributed by atoms with Gasteiger partial charge in [-0.05, 0) is 38.5 Å². The summed E-state index contributed by atoms with van der Waals surface area (Å²) in [5, 5.41) is 4.47. The van der Waals surface area contributed by atoms with Gasteiger partial charge in [0.25, 0.3) is 0 Å². The van der Waals surface area contributed by atoms with E-state index in [1.54, 1.807) is 13.3 Å². The Labute approximate surface area is 121 Å². The van der Waals surface area contributed by atoms with Crippen molar-refractivity contribution in [2.75, 3.05) is 7.11 Å². The molecule has 3 unspecified atom stereocenters. The summed E-state index contributed by atoms with van der Waals surface area (Å²) in [5.74, 6) is 8.04. The minimum absolute atomic E-state index is 0.109. The normalized spacial score (nSPS) is 24.9. The lowest BCUT2D eigenvalue weighted by Crippen LogP contribution is -2.37. The van der Waals surface area contributed by atoms with Crippen molar-refractivity contribution in [3.8, 4) is 5.75 Å². The van der Waals surface area contributed by atoms with Crippen LogP contribution in [0.5, 0.6) is 5.75 Å². The van der Waals surface area contributed by atoms with Gasteiger partial charge in [-0.1, -0.05) is 19.8 Å². The molecule has 5 nitrogen and oxygen atoms in total. The summed E-state index contributed by atoms with van der Waals surface area (Å²) in [6, 6.07) is 0.406. The number of nitrogens with zero attached hydrogens (tertiary/aromatic N) is 2. The number of rotatable bonds is 5. The summed E-state index contributed by atoms with van der Waals surface area (Å²) in [7, 11) is 1.70. The standard InChI is InChI=1S/C15H28N4O/c1-10(2)19-15(13(20-4)9-17-19)14(18-16)12-7-5-6-11(3)8-12/h9-12,14,18H,5-8,16H2,1-4H3. The highest BCUT2D eigenvalue weighted by Gasteiger charge is 2.32. The first-order valence-electron chi connectivity index (χ1n) is 7.66. The third-order valence-corrected chi connectivity index (χ3v) is 4.43. The second-order valence-corrected chi connectivity index (χ2v) is 6.31. The second-order valence-electron chi connectivity index (χ2n) is 6.31. The van der Waals surface area contributed by atoms with E-state index < -0.39 is 0 Å². The minimum Gasteiger partial charge on any atom is -0.493 e. The molecule has 1 aromatic rings. The number of hydrazine groups is 1. The third kappa shape index (κ3) is 2.99. The molecule has 5 heteroatoms. The monoisotopic (exact) mass is 280 g/mol. The van der Waals surface area contributed by atoms with E-state index in [0.29, 0.717) is 12.0 Å². The van der Waals surface area contributed by atoms with Crippen LogP contribution in [0.4, 0.5) is 0 Å². The maximum absolute atomic E-state index is 5.89. The van der Waals surface area contributed by atoms with Gasteiger partial charge in [0.05, 0.1) is 25.0 Å². The Hall–Kier alpha value is -1.07. The van der Waals surface area contributed by atoms with Crippen LogP contribution in [0.25, 0.3) is 0 Å². The molecule has 1 aromatic heterocycles. The topological polar surface area (TPSA) is 65.1 Å². The first-order valence-corrected chi connectivity index (χ1v) is 7.66. The van der Waals surface area contributed by atoms with Crippen LogP contribution in [0.3, 0.4) is 0 Å². The van der Waals surface area contributed by atoms with Gasteiger partial charge < -0.3 is 4.74 Å². The van der Waals surface area contributed by atoms with E-state index in [9.17, 15) is 0 Å². The van der Waals surface area contributed by atoms with Crippen LogP contribution in [0.15, 0.2) is 6.20 Å². The molecule has 114 valence electrons. The van der Waals surface area contributed by atoms with Gasteiger partial charge in [-0.2, -0.15) is 5.10 Å². The summed E-state index contributed by atoms with van der Waals surface area (Å²) in [4.78, 5) is 0. The van der Waals surface area contributed by atoms with Crippen LogP contribution in [0.2, 0.25) is 0 Å². The van der Waals surface area contributed by atoms with Crippen molar-refractivity contribution in [1.29, 1.82) is 0 Å². The van der Waals surface area contributed by atoms with Crippen LogP contribution in [-0.2, 0) is 0 Å². The van der Waals surface area contributed by atoms with Crippen molar-refractivity contribution in [1.82, 2.24) is 15.2 Å². The number of nitrogens with two attached hydrogens (primary N) is 1. The van der Waals surface area contributed by atoms with Gasteiger partial charge in [0.2, 0.25) is 0 Å². The van der Waals surface area contributed by atoms with Gasteiger partial charge in [-0.25, -0.2) is 0 Å². The molecule has 2 rings (SSSR count). The average Bonchev–Trinajstić information content (AvgIpc) is 2.84. The number of methoxy groups -OCH3 is 1. The lowest BCUT2D eigenvalue weighted by Gasteiger charge is -2.33. The lowest BCUT2D eigenvalue weighted by molar-refractivity contribution is 0.212. The van der Waals surface area contributed by atoms with Gasteiger partial charge in [0.15, 0.2) is 5.75 Å². The molecule has 1 aliphatic carbocycles. The van der Waals surface area contributed by atoms with E-state index in [0.717, 1.165) is 17.4 Å². The molecule has 0 spiro atoms. The highest BCUT2D eigenvalue weighted by atomic mass is 16.5. The van der Waals surface area contributed by atoms with Crippen molar-refractivity contribution in [2.24, 2.45) is 17.7 Å². The molecule has 1 heterocycles. The van der Waals surface area contributed by atoms with Crippen molar-refractivity contribution in [2.45, 2.75) is 58.5 Å². The van der Waals surface area contributed by atoms with Crippen molar-refractivity contribution in [3.63, 3.8) is 0 Å². The average molecular weight is 280 g/mol. The summed E-state index contributed by atoms with van der Waals surface area (Å²) in [5.41, 5.74) is 4.11. The Morgan fingerprint density at radius 1 is 1.45 bits per heavy atom. The predicted octanol–water partition coefficient (Wildman–Crippen LogP) is 2.80. The molecule has 1 fully saturated rings. The Morgan fingerprint density at radius 3 is 2.75 bits per heavy atom. The van der Waals surface area contributed by atoms with E-state index in [4.69, 9.17) is 10.6 Å². The van der Waals surface area contributed by atoms with Crippen LogP contribution >= 0.6 is 0 Å². The van der Waals surface area contributed by atoms with Crippen LogP contribution in [0.1, 0.15) is 64.2 Å². The van der Waals surface area contributed by atoms with E-state index >= 15 is 0 Å². The summed E-state index contributed by atoms with van der Waals surface area (Å²) in [6.45, 7) is 6.59. The first kappa shape index (κ1) is 15.3. The molecule has 0 bridgehead atoms. The summed E-state index contributed by atoms with van der Waals surface area (Å²) >= 11 is 0. The minimum atomic E-state index is 0.109. The fourth-order valence-corrected chi connectivity index (χ4v) is 3.44. The molecule has 3 N–H and O–H groups in total. The lowest BCUT2D eigenvalue weighted by atomic mass is 9.77. The van der Waals surface area contributed by atoms with Gasteiger partial charge >= 0.3 is 0 Å². The highest BCUT2D eigenvalue weighted by molar-refractivity contribution is 5.29. The SMILES string of the molecule is COc1cnn(C(C)C)c1C(NN)C1CCCC(C)C1. The molecule has 3 atom stereocenters. The number of hydrogen-bond acceptors (Lipinski definition) is 4. The largest absolute Gasteiger partial charge is 0.493 e. The molecule has 0 aliphatic heterocycles. The molecular formula is C15H28N4O. The molecule has 1 aliphatic rings. The van der Waals surface area contributed by atoms with Gasteiger partial charge in [0, 0.05) is 6.04 Å². The molecule has 0 aromatic carbocycles. The van der Waals surface area contributed by atoms with Crippen LogP contribution in [0, 0.1) is 11.8 Å². The van der Waals surface area contributed by atoms with E-state index in [1.165, 1.54) is 25.7 Å². The molecule has 20 heavy (non-hydrogen) atoms. The Kier molecular flexibility index (Phi) is 5.05. The van der Waals surface area contributed by atoms with Gasteiger partial charge in [0.1, 0.15) is 0 Å². The predicted molar refractivity (Wildman–Crippen MR) is 80.4 cm³/mol. The Balaban J connectivity index is 2.32. The fourth-order valence-electron chi connectivity index (χ4n) is 3.44. The van der Waals surface area contributed by atoms with Crippen molar-refractivity contribution < 1.29 is 4.74 Å². The fraction of sp³-hybridized carbons (Fsp3) is 0.800. The smallest absolute Gasteiger partial charge is 0.161 e. The maximum Gasteiger partial charge on any atom is 0.161 e. The Morgan fingerprint density at radius 2 is 2.20 bits per heavy atom. The number of ether oxygens (including phenoxy) is 1. The molecule has 0 amide bonds. The number of aromatic nitrogens is 2. The molecule has 0 radical (unpaired) electrons. The van der Waals surface area contributed by atoms with E-state index in [1.807, 2.05) is 4.68 Å². The van der Waals surface area contributed by atoms with Gasteiger partial charge in [-0.15, -0.1) is 0 Å². The van der Waals surface area contributed by atoms with E-state index in [2.05, 4.69) is 31.3 Å². The first-order chi connectivity index (χ1) is 9.58. The Bertz CT molecular complexity index is 430. The van der Waals surface area contributed by atoms with Crippen LogP contribution < -0.4 is 16.0 Å². The number of hydrogen-bond donors (Lipinski definition) is 2. The maximum atomic E-state index is 5.89. The quantitative estimate of drug-likeness (QED) is 0.643. The zero-order valence-corrected chi connectivity index (χ0v) is 13.1. The summed E-state index contributed by atoms with van der Waals surface area (Å²) in [6.07, 6.45) is 6.83. The number of nitrogens with one attached hydrogen (secondary N) is 1. The van der Waals surface area contributed by atoms with Gasteiger partial charge in [-0.3, -0.25) is 16.0 Å². The highest BCUT2D eigenvalue weighted by Crippen LogP contribution is 2.40. The van der Waals surface area contributed by atoms with Crippen molar-refractivity contribution in [3.05, 3.63) is 11.9 Å². The zero-order chi connectivity index (χ0) is 14.7. The third-order valence-electron chi connectivity index (χ3n) is 4.43.